The van der Waals surface area contributed by atoms with Crippen LogP contribution in [0.4, 0.5) is 5.69 Å². The Morgan fingerprint density at radius 1 is 1.04 bits per heavy atom. The number of anilines is 1. The summed E-state index contributed by atoms with van der Waals surface area (Å²) >= 11 is 0. The van der Waals surface area contributed by atoms with Crippen LogP contribution in [0.15, 0.2) is 53.1 Å². The Hall–Kier alpha value is -2.47. The molecule has 0 spiro atoms. The normalized spacial score (nSPS) is 15.7. The van der Waals surface area contributed by atoms with Gasteiger partial charge in [0.1, 0.15) is 0 Å². The van der Waals surface area contributed by atoms with Crippen LogP contribution < -0.4 is 4.90 Å². The van der Waals surface area contributed by atoms with E-state index in [0.717, 1.165) is 29.8 Å². The van der Waals surface area contributed by atoms with Crippen molar-refractivity contribution >= 4 is 16.5 Å². The molecular formula is C21H23N3O2S. The van der Waals surface area contributed by atoms with E-state index < -0.39 is 10.8 Å². The SMILES string of the molecule is C[S@](=O)Cc1cccc(-c2nc(-c3ccc(N4CCCCC4)cc3)no2)c1. The van der Waals surface area contributed by atoms with Crippen molar-refractivity contribution in [3.05, 3.63) is 54.1 Å². The van der Waals surface area contributed by atoms with Crippen LogP contribution in [0.1, 0.15) is 24.8 Å². The van der Waals surface area contributed by atoms with Gasteiger partial charge in [0.2, 0.25) is 5.82 Å². The Morgan fingerprint density at radius 3 is 2.56 bits per heavy atom. The highest BCUT2D eigenvalue weighted by molar-refractivity contribution is 7.83. The molecule has 0 radical (unpaired) electrons. The molecule has 1 aliphatic heterocycles. The lowest BCUT2D eigenvalue weighted by Crippen LogP contribution is -2.29. The van der Waals surface area contributed by atoms with E-state index in [0.29, 0.717) is 17.5 Å². The molecule has 1 aliphatic rings. The molecule has 6 heteroatoms. The maximum absolute atomic E-state index is 11.4. The molecule has 0 unspecified atom stereocenters. The second-order valence-corrected chi connectivity index (χ2v) is 8.37. The lowest BCUT2D eigenvalue weighted by atomic mass is 10.1. The maximum Gasteiger partial charge on any atom is 0.258 e. The van der Waals surface area contributed by atoms with Crippen LogP contribution in [0.2, 0.25) is 0 Å². The summed E-state index contributed by atoms with van der Waals surface area (Å²) in [7, 11) is -0.881. The summed E-state index contributed by atoms with van der Waals surface area (Å²) in [5.41, 5.74) is 4.04. The van der Waals surface area contributed by atoms with Gasteiger partial charge in [0, 0.05) is 52.7 Å². The van der Waals surface area contributed by atoms with Crippen LogP contribution in [-0.2, 0) is 16.6 Å². The molecule has 0 amide bonds. The standard InChI is InChI=1S/C21H23N3O2S/c1-27(25)15-16-6-5-7-18(14-16)21-22-20(23-26-21)17-8-10-19(11-9-17)24-12-3-2-4-13-24/h5-11,14H,2-4,12-13,15H2,1H3/t27-/m0/s1. The molecule has 4 rings (SSSR count). The summed E-state index contributed by atoms with van der Waals surface area (Å²) < 4.78 is 16.9. The van der Waals surface area contributed by atoms with Crippen LogP contribution >= 0.6 is 0 Å². The number of benzene rings is 2. The minimum Gasteiger partial charge on any atom is -0.372 e. The first kappa shape index (κ1) is 17.9. The number of hydrogen-bond acceptors (Lipinski definition) is 5. The number of piperidine rings is 1. The number of aromatic nitrogens is 2. The molecule has 0 aliphatic carbocycles. The highest BCUT2D eigenvalue weighted by Crippen LogP contribution is 2.26. The Bertz CT molecular complexity index is 931. The van der Waals surface area contributed by atoms with Crippen molar-refractivity contribution < 1.29 is 8.73 Å². The molecule has 140 valence electrons. The fourth-order valence-electron chi connectivity index (χ4n) is 3.46. The molecule has 0 saturated carbocycles. The van der Waals surface area contributed by atoms with E-state index in [-0.39, 0.29) is 0 Å². The number of nitrogens with zero attached hydrogens (tertiary/aromatic N) is 3. The van der Waals surface area contributed by atoms with Crippen LogP contribution in [0.3, 0.4) is 0 Å². The Morgan fingerprint density at radius 2 is 1.81 bits per heavy atom. The van der Waals surface area contributed by atoms with Gasteiger partial charge in [-0.2, -0.15) is 4.98 Å². The zero-order valence-electron chi connectivity index (χ0n) is 15.4. The van der Waals surface area contributed by atoms with Crippen molar-refractivity contribution in [1.82, 2.24) is 10.1 Å². The topological polar surface area (TPSA) is 59.2 Å². The number of hydrogen-bond donors (Lipinski definition) is 0. The van der Waals surface area contributed by atoms with Gasteiger partial charge < -0.3 is 9.42 Å². The van der Waals surface area contributed by atoms with Gasteiger partial charge >= 0.3 is 0 Å². The van der Waals surface area contributed by atoms with E-state index in [1.165, 1.54) is 24.9 Å². The molecule has 1 saturated heterocycles. The van der Waals surface area contributed by atoms with Crippen molar-refractivity contribution in [3.8, 4) is 22.8 Å². The van der Waals surface area contributed by atoms with E-state index in [4.69, 9.17) is 4.52 Å². The molecular weight excluding hydrogens is 358 g/mol. The predicted molar refractivity (Wildman–Crippen MR) is 109 cm³/mol. The fraction of sp³-hybridized carbons (Fsp3) is 0.333. The summed E-state index contributed by atoms with van der Waals surface area (Å²) in [6.45, 7) is 2.26. The first-order valence-electron chi connectivity index (χ1n) is 9.27. The smallest absolute Gasteiger partial charge is 0.258 e. The average molecular weight is 382 g/mol. The monoisotopic (exact) mass is 381 g/mol. The Balaban J connectivity index is 1.53. The molecule has 1 fully saturated rings. The molecule has 2 aromatic carbocycles. The largest absolute Gasteiger partial charge is 0.372 e. The summed E-state index contributed by atoms with van der Waals surface area (Å²) in [6, 6.07) is 16.1. The Labute approximate surface area is 161 Å². The van der Waals surface area contributed by atoms with Gasteiger partial charge in [-0.3, -0.25) is 4.21 Å². The maximum atomic E-state index is 11.4. The average Bonchev–Trinajstić information content (AvgIpc) is 3.19. The number of rotatable bonds is 5. The van der Waals surface area contributed by atoms with Gasteiger partial charge in [-0.25, -0.2) is 0 Å². The van der Waals surface area contributed by atoms with Gasteiger partial charge in [-0.1, -0.05) is 17.3 Å². The third-order valence-corrected chi connectivity index (χ3v) is 5.56. The van der Waals surface area contributed by atoms with Crippen molar-refractivity contribution in [2.24, 2.45) is 0 Å². The summed E-state index contributed by atoms with van der Waals surface area (Å²) in [6.07, 6.45) is 5.56. The first-order chi connectivity index (χ1) is 13.2. The molecule has 5 nitrogen and oxygen atoms in total. The van der Waals surface area contributed by atoms with Crippen molar-refractivity contribution in [2.75, 3.05) is 24.2 Å². The third kappa shape index (κ3) is 4.27. The highest BCUT2D eigenvalue weighted by atomic mass is 32.2. The van der Waals surface area contributed by atoms with Crippen LogP contribution in [0.5, 0.6) is 0 Å². The third-order valence-electron chi connectivity index (χ3n) is 4.82. The second kappa shape index (κ2) is 8.05. The van der Waals surface area contributed by atoms with Gasteiger partial charge in [-0.15, -0.1) is 0 Å². The fourth-order valence-corrected chi connectivity index (χ4v) is 4.11. The van der Waals surface area contributed by atoms with Gasteiger partial charge in [-0.05, 0) is 61.2 Å². The van der Waals surface area contributed by atoms with Crippen LogP contribution in [0.25, 0.3) is 22.8 Å². The van der Waals surface area contributed by atoms with E-state index in [1.54, 1.807) is 6.26 Å². The van der Waals surface area contributed by atoms with Gasteiger partial charge in [0.15, 0.2) is 0 Å². The van der Waals surface area contributed by atoms with Gasteiger partial charge in [0.25, 0.3) is 5.89 Å². The first-order valence-corrected chi connectivity index (χ1v) is 11.0. The summed E-state index contributed by atoms with van der Waals surface area (Å²) in [5, 5.41) is 4.14. The zero-order chi connectivity index (χ0) is 18.6. The van der Waals surface area contributed by atoms with E-state index in [1.807, 2.05) is 24.3 Å². The van der Waals surface area contributed by atoms with Crippen LogP contribution in [0, 0.1) is 0 Å². The highest BCUT2D eigenvalue weighted by Gasteiger charge is 2.14. The van der Waals surface area contributed by atoms with E-state index in [2.05, 4.69) is 39.3 Å². The van der Waals surface area contributed by atoms with E-state index in [9.17, 15) is 4.21 Å². The summed E-state index contributed by atoms with van der Waals surface area (Å²) in [4.78, 5) is 6.97. The minimum atomic E-state index is -0.881. The minimum absolute atomic E-state index is 0.480. The van der Waals surface area contributed by atoms with Crippen molar-refractivity contribution in [2.45, 2.75) is 25.0 Å². The molecule has 0 N–H and O–H groups in total. The molecule has 3 aromatic rings. The van der Waals surface area contributed by atoms with Crippen LogP contribution in [-0.4, -0.2) is 33.7 Å². The molecule has 0 bridgehead atoms. The molecule has 27 heavy (non-hydrogen) atoms. The zero-order valence-corrected chi connectivity index (χ0v) is 16.2. The lowest BCUT2D eigenvalue weighted by Gasteiger charge is -2.28. The quantitative estimate of drug-likeness (QED) is 0.660. The lowest BCUT2D eigenvalue weighted by molar-refractivity contribution is 0.432. The second-order valence-electron chi connectivity index (χ2n) is 6.94. The predicted octanol–water partition coefficient (Wildman–Crippen LogP) is 4.27. The molecule has 1 aromatic heterocycles. The molecule has 2 heterocycles. The van der Waals surface area contributed by atoms with Crippen molar-refractivity contribution in [1.29, 1.82) is 0 Å². The van der Waals surface area contributed by atoms with E-state index >= 15 is 0 Å². The van der Waals surface area contributed by atoms with Crippen molar-refractivity contribution in [3.63, 3.8) is 0 Å². The molecule has 1 atom stereocenters. The van der Waals surface area contributed by atoms with Gasteiger partial charge in [0.05, 0.1) is 0 Å². The Kier molecular flexibility index (Phi) is 5.34. The summed E-state index contributed by atoms with van der Waals surface area (Å²) in [5.74, 6) is 1.58.